The molecule has 2 aromatic rings. The molecular weight excluding hydrogens is 293 g/mol. The van der Waals surface area contributed by atoms with E-state index in [9.17, 15) is 4.79 Å². The van der Waals surface area contributed by atoms with Crippen molar-refractivity contribution in [1.29, 1.82) is 0 Å². The Bertz CT molecular complexity index is 781. The number of benzene rings is 2. The van der Waals surface area contributed by atoms with Crippen molar-refractivity contribution in [3.63, 3.8) is 0 Å². The topological polar surface area (TPSA) is 67.2 Å². The number of carbonyl (C=O) groups excluding carboxylic acids is 1. The minimum atomic E-state index is -0.324. The number of nitrogens with one attached hydrogen (secondary N) is 2. The molecule has 0 saturated carbocycles. The van der Waals surface area contributed by atoms with E-state index in [0.29, 0.717) is 41.2 Å². The van der Waals surface area contributed by atoms with Crippen molar-refractivity contribution in [3.8, 4) is 0 Å². The van der Waals surface area contributed by atoms with Crippen LogP contribution in [0, 0.1) is 0 Å². The molecule has 3 rings (SSSR count). The van der Waals surface area contributed by atoms with Crippen molar-refractivity contribution < 1.29 is 9.18 Å². The lowest BCUT2D eigenvalue weighted by Crippen LogP contribution is -2.10. The highest BCUT2D eigenvalue weighted by Crippen LogP contribution is 2.37. The molecule has 1 heterocycles. The molecule has 0 spiro atoms. The molecule has 0 bridgehead atoms. The second-order valence-corrected chi connectivity index (χ2v) is 5.51. The van der Waals surface area contributed by atoms with Gasteiger partial charge >= 0.3 is 0 Å². The Morgan fingerprint density at radius 2 is 1.91 bits per heavy atom. The van der Waals surface area contributed by atoms with Gasteiger partial charge in [-0.1, -0.05) is 18.2 Å². The van der Waals surface area contributed by atoms with E-state index in [0.717, 1.165) is 5.56 Å². The smallest absolute Gasteiger partial charge is 0.226 e. The number of allylic oxidation sites excluding steroid dienone is 1. The molecule has 0 fully saturated rings. The SMILES string of the molecule is C/C(=C(/F)c1cccc2c1NCCC(=O)N2)c1ccc(N)cc1. The van der Waals surface area contributed by atoms with Crippen LogP contribution in [0.3, 0.4) is 0 Å². The van der Waals surface area contributed by atoms with Crippen molar-refractivity contribution in [1.82, 2.24) is 0 Å². The van der Waals surface area contributed by atoms with E-state index >= 15 is 4.39 Å². The fourth-order valence-electron chi connectivity index (χ4n) is 2.61. The first-order chi connectivity index (χ1) is 11.1. The maximum atomic E-state index is 15.0. The lowest BCUT2D eigenvalue weighted by Gasteiger charge is -2.14. The van der Waals surface area contributed by atoms with Gasteiger partial charge in [-0.15, -0.1) is 0 Å². The summed E-state index contributed by atoms with van der Waals surface area (Å²) < 4.78 is 15.0. The fraction of sp³-hybridized carbons (Fsp3) is 0.167. The fourth-order valence-corrected chi connectivity index (χ4v) is 2.61. The summed E-state index contributed by atoms with van der Waals surface area (Å²) in [5.74, 6) is -0.400. The van der Waals surface area contributed by atoms with Crippen LogP contribution in [0.5, 0.6) is 0 Å². The van der Waals surface area contributed by atoms with E-state index in [4.69, 9.17) is 5.73 Å². The Balaban J connectivity index is 2.07. The maximum Gasteiger partial charge on any atom is 0.226 e. The largest absolute Gasteiger partial charge is 0.399 e. The highest BCUT2D eigenvalue weighted by atomic mass is 19.1. The summed E-state index contributed by atoms with van der Waals surface area (Å²) in [7, 11) is 0. The van der Waals surface area contributed by atoms with Crippen LogP contribution in [-0.2, 0) is 4.79 Å². The molecular formula is C18H18FN3O. The van der Waals surface area contributed by atoms with Gasteiger partial charge < -0.3 is 16.4 Å². The first-order valence-electron chi connectivity index (χ1n) is 7.45. The molecule has 23 heavy (non-hydrogen) atoms. The number of carbonyl (C=O) groups is 1. The second kappa shape index (κ2) is 6.12. The molecule has 0 saturated heterocycles. The minimum absolute atomic E-state index is 0.0759. The van der Waals surface area contributed by atoms with Crippen LogP contribution in [0.2, 0.25) is 0 Å². The van der Waals surface area contributed by atoms with Gasteiger partial charge in [0.15, 0.2) is 0 Å². The third-order valence-electron chi connectivity index (χ3n) is 3.90. The number of nitrogen functional groups attached to an aromatic ring is 1. The number of amides is 1. The zero-order valence-electron chi connectivity index (χ0n) is 12.8. The average molecular weight is 311 g/mol. The number of hydrogen-bond donors (Lipinski definition) is 3. The van der Waals surface area contributed by atoms with E-state index in [-0.39, 0.29) is 11.7 Å². The summed E-state index contributed by atoms with van der Waals surface area (Å²) in [6.45, 7) is 2.21. The summed E-state index contributed by atoms with van der Waals surface area (Å²) in [4.78, 5) is 11.6. The van der Waals surface area contributed by atoms with Gasteiger partial charge in [0, 0.05) is 24.2 Å². The van der Waals surface area contributed by atoms with Gasteiger partial charge in [-0.3, -0.25) is 4.79 Å². The van der Waals surface area contributed by atoms with Gasteiger partial charge in [0.2, 0.25) is 5.91 Å². The molecule has 1 amide bonds. The van der Waals surface area contributed by atoms with Gasteiger partial charge in [0.1, 0.15) is 5.83 Å². The lowest BCUT2D eigenvalue weighted by molar-refractivity contribution is -0.115. The third kappa shape index (κ3) is 3.04. The van der Waals surface area contributed by atoms with E-state index in [1.54, 1.807) is 49.4 Å². The average Bonchev–Trinajstić information content (AvgIpc) is 2.74. The minimum Gasteiger partial charge on any atom is -0.399 e. The molecule has 0 atom stereocenters. The summed E-state index contributed by atoms with van der Waals surface area (Å²) in [5, 5.41) is 5.94. The quantitative estimate of drug-likeness (QED) is 0.582. The molecule has 0 aliphatic carbocycles. The summed E-state index contributed by atoms with van der Waals surface area (Å²) >= 11 is 0. The van der Waals surface area contributed by atoms with Gasteiger partial charge in [-0.05, 0) is 42.3 Å². The van der Waals surface area contributed by atoms with Crippen LogP contribution in [0.15, 0.2) is 42.5 Å². The van der Waals surface area contributed by atoms with Gasteiger partial charge in [0.05, 0.1) is 11.4 Å². The lowest BCUT2D eigenvalue weighted by atomic mass is 10.0. The number of anilines is 3. The Hall–Kier alpha value is -2.82. The highest BCUT2D eigenvalue weighted by Gasteiger charge is 2.18. The Kier molecular flexibility index (Phi) is 4.02. The van der Waals surface area contributed by atoms with Crippen LogP contribution >= 0.6 is 0 Å². The van der Waals surface area contributed by atoms with Crippen LogP contribution in [-0.4, -0.2) is 12.5 Å². The number of fused-ring (bicyclic) bond motifs is 1. The predicted molar refractivity (Wildman–Crippen MR) is 92.6 cm³/mol. The van der Waals surface area contributed by atoms with E-state index in [1.165, 1.54) is 0 Å². The zero-order valence-corrected chi connectivity index (χ0v) is 12.8. The van der Waals surface area contributed by atoms with Gasteiger partial charge in [0.25, 0.3) is 0 Å². The predicted octanol–water partition coefficient (Wildman–Crippen LogP) is 3.88. The third-order valence-corrected chi connectivity index (χ3v) is 3.90. The summed E-state index contributed by atoms with van der Waals surface area (Å²) in [5.41, 5.74) is 9.27. The number of halogens is 1. The molecule has 4 N–H and O–H groups in total. The van der Waals surface area contributed by atoms with Crippen LogP contribution in [0.4, 0.5) is 21.5 Å². The van der Waals surface area contributed by atoms with Crippen molar-refractivity contribution in [2.24, 2.45) is 0 Å². The van der Waals surface area contributed by atoms with Gasteiger partial charge in [-0.2, -0.15) is 0 Å². The van der Waals surface area contributed by atoms with Crippen molar-refractivity contribution >= 4 is 34.4 Å². The molecule has 0 unspecified atom stereocenters. The summed E-state index contributed by atoms with van der Waals surface area (Å²) in [6, 6.07) is 12.3. The summed E-state index contributed by atoms with van der Waals surface area (Å²) in [6.07, 6.45) is 0.358. The highest BCUT2D eigenvalue weighted by molar-refractivity contribution is 6.00. The normalized spacial score (nSPS) is 15.0. The number of rotatable bonds is 2. The molecule has 1 aliphatic heterocycles. The Morgan fingerprint density at radius 3 is 2.65 bits per heavy atom. The van der Waals surface area contributed by atoms with Crippen molar-refractivity contribution in [2.45, 2.75) is 13.3 Å². The molecule has 0 radical (unpaired) electrons. The first-order valence-corrected chi connectivity index (χ1v) is 7.45. The number of para-hydroxylation sites is 1. The molecule has 2 aromatic carbocycles. The van der Waals surface area contributed by atoms with E-state index in [1.807, 2.05) is 0 Å². The van der Waals surface area contributed by atoms with E-state index < -0.39 is 0 Å². The van der Waals surface area contributed by atoms with Gasteiger partial charge in [-0.25, -0.2) is 4.39 Å². The molecule has 118 valence electrons. The molecule has 5 heteroatoms. The number of nitrogens with two attached hydrogens (primary N) is 1. The second-order valence-electron chi connectivity index (χ2n) is 5.51. The molecule has 4 nitrogen and oxygen atoms in total. The molecule has 0 aromatic heterocycles. The monoisotopic (exact) mass is 311 g/mol. The van der Waals surface area contributed by atoms with Crippen LogP contribution < -0.4 is 16.4 Å². The zero-order chi connectivity index (χ0) is 16.4. The van der Waals surface area contributed by atoms with E-state index in [2.05, 4.69) is 10.6 Å². The van der Waals surface area contributed by atoms with Crippen LogP contribution in [0.25, 0.3) is 11.4 Å². The Labute approximate surface area is 134 Å². The molecule has 1 aliphatic rings. The van der Waals surface area contributed by atoms with Crippen molar-refractivity contribution in [2.75, 3.05) is 22.9 Å². The first kappa shape index (κ1) is 15.1. The van der Waals surface area contributed by atoms with Crippen molar-refractivity contribution in [3.05, 3.63) is 53.6 Å². The van der Waals surface area contributed by atoms with Crippen LogP contribution in [0.1, 0.15) is 24.5 Å². The standard InChI is InChI=1S/C18H18FN3O/c1-11(12-5-7-13(20)8-6-12)17(19)14-3-2-4-15-18(14)21-10-9-16(23)22-15/h2-8,21H,9-10,20H2,1H3,(H,22,23)/b17-11-. The Morgan fingerprint density at radius 1 is 1.17 bits per heavy atom. The maximum absolute atomic E-state index is 15.0. The number of hydrogen-bond acceptors (Lipinski definition) is 3.